The summed E-state index contributed by atoms with van der Waals surface area (Å²) in [5, 5.41) is 3.52. The Morgan fingerprint density at radius 3 is 2.40 bits per heavy atom. The van der Waals surface area contributed by atoms with E-state index in [2.05, 4.69) is 5.32 Å². The zero-order valence-electron chi connectivity index (χ0n) is 16.7. The van der Waals surface area contributed by atoms with Gasteiger partial charge in [0.05, 0.1) is 16.0 Å². The molecule has 0 unspecified atom stereocenters. The van der Waals surface area contributed by atoms with E-state index in [0.717, 1.165) is 18.4 Å². The summed E-state index contributed by atoms with van der Waals surface area (Å²) in [5.74, 6) is -0.349. The molecule has 156 valence electrons. The summed E-state index contributed by atoms with van der Waals surface area (Å²) in [4.78, 5) is 25.2. The van der Waals surface area contributed by atoms with E-state index in [4.69, 9.17) is 0 Å². The predicted molar refractivity (Wildman–Crippen MR) is 115 cm³/mol. The molecule has 0 saturated carbocycles. The number of hydrogen-bond acceptors (Lipinski definition) is 4. The number of benzene rings is 2. The number of para-hydroxylation sites is 1. The Morgan fingerprint density at radius 2 is 1.70 bits per heavy atom. The second kappa shape index (κ2) is 8.04. The van der Waals surface area contributed by atoms with Gasteiger partial charge >= 0.3 is 0 Å². The van der Waals surface area contributed by atoms with Gasteiger partial charge in [0.2, 0.25) is 10.0 Å². The molecule has 0 atom stereocenters. The number of nitrogens with one attached hydrogen (secondary N) is 1. The Balaban J connectivity index is 1.50. The number of amides is 1. The van der Waals surface area contributed by atoms with Crippen LogP contribution in [0.3, 0.4) is 0 Å². The molecule has 1 amide bonds. The average Bonchev–Trinajstić information content (AvgIpc) is 3.31. The molecular weight excluding hydrogens is 402 g/mol. The fourth-order valence-corrected chi connectivity index (χ4v) is 5.25. The van der Waals surface area contributed by atoms with Gasteiger partial charge in [-0.2, -0.15) is 4.31 Å². The first-order valence-corrected chi connectivity index (χ1v) is 11.3. The zero-order valence-corrected chi connectivity index (χ0v) is 17.5. The van der Waals surface area contributed by atoms with E-state index >= 15 is 0 Å². The lowest BCUT2D eigenvalue weighted by atomic mass is 10.1. The molecule has 1 aliphatic heterocycles. The predicted octanol–water partition coefficient (Wildman–Crippen LogP) is 2.25. The van der Waals surface area contributed by atoms with Crippen molar-refractivity contribution in [2.24, 2.45) is 7.05 Å². The van der Waals surface area contributed by atoms with Gasteiger partial charge in [-0.25, -0.2) is 8.42 Å². The van der Waals surface area contributed by atoms with Gasteiger partial charge < -0.3 is 9.88 Å². The van der Waals surface area contributed by atoms with Crippen molar-refractivity contribution in [2.75, 3.05) is 13.1 Å². The number of pyridine rings is 1. The molecule has 0 radical (unpaired) electrons. The SMILES string of the molecule is Cn1c(=O)cc(C(=O)NCc2ccc(S(=O)(=O)N3CCCC3)cc2)c2ccccc21. The number of hydrogen-bond donors (Lipinski definition) is 1. The number of aromatic nitrogens is 1. The van der Waals surface area contributed by atoms with Gasteiger partial charge in [0.25, 0.3) is 11.5 Å². The molecule has 8 heteroatoms. The molecule has 1 saturated heterocycles. The van der Waals surface area contributed by atoms with Crippen LogP contribution in [0.25, 0.3) is 10.9 Å². The summed E-state index contributed by atoms with van der Waals surface area (Å²) < 4.78 is 28.2. The summed E-state index contributed by atoms with van der Waals surface area (Å²) >= 11 is 0. The number of nitrogens with zero attached hydrogens (tertiary/aromatic N) is 2. The summed E-state index contributed by atoms with van der Waals surface area (Å²) in [6.07, 6.45) is 1.78. The minimum Gasteiger partial charge on any atom is -0.348 e. The molecule has 7 nitrogen and oxygen atoms in total. The molecule has 1 N–H and O–H groups in total. The third-order valence-corrected chi connectivity index (χ3v) is 7.39. The van der Waals surface area contributed by atoms with E-state index in [1.807, 2.05) is 18.2 Å². The minimum absolute atomic E-state index is 0.229. The van der Waals surface area contributed by atoms with E-state index in [-0.39, 0.29) is 22.9 Å². The van der Waals surface area contributed by atoms with Crippen molar-refractivity contribution in [3.05, 3.63) is 76.1 Å². The molecule has 3 aromatic rings. The number of rotatable bonds is 5. The molecule has 30 heavy (non-hydrogen) atoms. The van der Waals surface area contributed by atoms with Crippen molar-refractivity contribution in [1.29, 1.82) is 0 Å². The lowest BCUT2D eigenvalue weighted by Gasteiger charge is -2.15. The Kier molecular flexibility index (Phi) is 5.44. The second-order valence-electron chi connectivity index (χ2n) is 7.41. The van der Waals surface area contributed by atoms with Gasteiger partial charge in [-0.1, -0.05) is 30.3 Å². The van der Waals surface area contributed by atoms with E-state index in [1.165, 1.54) is 14.9 Å². The highest BCUT2D eigenvalue weighted by molar-refractivity contribution is 7.89. The van der Waals surface area contributed by atoms with Crippen LogP contribution in [-0.4, -0.2) is 36.3 Å². The molecular formula is C22H23N3O4S. The second-order valence-corrected chi connectivity index (χ2v) is 9.35. The van der Waals surface area contributed by atoms with Crippen LogP contribution in [0.1, 0.15) is 28.8 Å². The van der Waals surface area contributed by atoms with Crippen molar-refractivity contribution in [3.8, 4) is 0 Å². The lowest BCUT2D eigenvalue weighted by molar-refractivity contribution is 0.0952. The van der Waals surface area contributed by atoms with Crippen LogP contribution < -0.4 is 10.9 Å². The molecule has 1 fully saturated rings. The third-order valence-electron chi connectivity index (χ3n) is 5.48. The number of fused-ring (bicyclic) bond motifs is 1. The quantitative estimate of drug-likeness (QED) is 0.679. The molecule has 4 rings (SSSR count). The Hall–Kier alpha value is -2.97. The van der Waals surface area contributed by atoms with Crippen molar-refractivity contribution >= 4 is 26.8 Å². The largest absolute Gasteiger partial charge is 0.348 e. The van der Waals surface area contributed by atoms with E-state index in [9.17, 15) is 18.0 Å². The van der Waals surface area contributed by atoms with E-state index in [1.54, 1.807) is 37.4 Å². The smallest absolute Gasteiger partial charge is 0.252 e. The maximum Gasteiger partial charge on any atom is 0.252 e. The van der Waals surface area contributed by atoms with Gasteiger partial charge in [-0.05, 0) is 36.6 Å². The van der Waals surface area contributed by atoms with Gasteiger partial charge in [0.15, 0.2) is 0 Å². The summed E-state index contributed by atoms with van der Waals surface area (Å²) in [5.41, 5.74) is 1.53. The average molecular weight is 426 g/mol. The standard InChI is InChI=1S/C22H23N3O4S/c1-24-20-7-3-2-6-18(20)19(14-21(24)26)22(27)23-15-16-8-10-17(11-9-16)30(28,29)25-12-4-5-13-25/h2-3,6-11,14H,4-5,12-13,15H2,1H3,(H,23,27). The van der Waals surface area contributed by atoms with Crippen LogP contribution in [0.5, 0.6) is 0 Å². The number of sulfonamides is 1. The lowest BCUT2D eigenvalue weighted by Crippen LogP contribution is -2.28. The normalized spacial score (nSPS) is 14.8. The summed E-state index contributed by atoms with van der Waals surface area (Å²) in [6.45, 7) is 1.35. The van der Waals surface area contributed by atoms with Gasteiger partial charge in [-0.15, -0.1) is 0 Å². The highest BCUT2D eigenvalue weighted by atomic mass is 32.2. The molecule has 0 aliphatic carbocycles. The monoisotopic (exact) mass is 425 g/mol. The highest BCUT2D eigenvalue weighted by Crippen LogP contribution is 2.21. The van der Waals surface area contributed by atoms with Crippen LogP contribution >= 0.6 is 0 Å². The maximum atomic E-state index is 12.7. The Labute approximate surface area is 175 Å². The molecule has 2 heterocycles. The maximum absolute atomic E-state index is 12.7. The number of carbonyl (C=O) groups excluding carboxylic acids is 1. The van der Waals surface area contributed by atoms with Crippen molar-refractivity contribution in [1.82, 2.24) is 14.2 Å². The van der Waals surface area contributed by atoms with E-state index in [0.29, 0.717) is 29.6 Å². The fourth-order valence-electron chi connectivity index (χ4n) is 3.73. The van der Waals surface area contributed by atoms with Crippen LogP contribution in [-0.2, 0) is 23.6 Å². The molecule has 1 aromatic heterocycles. The Morgan fingerprint density at radius 1 is 1.03 bits per heavy atom. The summed E-state index contributed by atoms with van der Waals surface area (Å²) in [7, 11) is -1.78. The van der Waals surface area contributed by atoms with Crippen LogP contribution in [0.2, 0.25) is 0 Å². The molecule has 2 aromatic carbocycles. The fraction of sp³-hybridized carbons (Fsp3) is 0.273. The first kappa shape index (κ1) is 20.3. The minimum atomic E-state index is -3.45. The van der Waals surface area contributed by atoms with Crippen LogP contribution in [0.4, 0.5) is 0 Å². The first-order chi connectivity index (χ1) is 14.4. The van der Waals surface area contributed by atoms with Gasteiger partial charge in [0, 0.05) is 38.1 Å². The summed E-state index contributed by atoms with van der Waals surface area (Å²) in [6, 6.07) is 15.1. The molecule has 0 spiro atoms. The van der Waals surface area contributed by atoms with Crippen molar-refractivity contribution in [3.63, 3.8) is 0 Å². The first-order valence-electron chi connectivity index (χ1n) is 9.84. The van der Waals surface area contributed by atoms with E-state index < -0.39 is 10.0 Å². The van der Waals surface area contributed by atoms with Crippen molar-refractivity contribution < 1.29 is 13.2 Å². The Bertz CT molecular complexity index is 1260. The number of carbonyl (C=O) groups is 1. The topological polar surface area (TPSA) is 88.5 Å². The molecule has 0 bridgehead atoms. The molecule has 1 aliphatic rings. The van der Waals surface area contributed by atoms with Crippen LogP contribution in [0, 0.1) is 0 Å². The van der Waals surface area contributed by atoms with Gasteiger partial charge in [-0.3, -0.25) is 9.59 Å². The van der Waals surface area contributed by atoms with Crippen molar-refractivity contribution in [2.45, 2.75) is 24.3 Å². The number of aryl methyl sites for hydroxylation is 1. The zero-order chi connectivity index (χ0) is 21.3. The third kappa shape index (κ3) is 3.76. The highest BCUT2D eigenvalue weighted by Gasteiger charge is 2.26. The van der Waals surface area contributed by atoms with Gasteiger partial charge in [0.1, 0.15) is 0 Å². The van der Waals surface area contributed by atoms with Crippen LogP contribution in [0.15, 0.2) is 64.3 Å².